The summed E-state index contributed by atoms with van der Waals surface area (Å²) in [6.45, 7) is 7.06. The molecule has 0 aliphatic carbocycles. The molecule has 0 aliphatic rings. The van der Waals surface area contributed by atoms with Crippen LogP contribution in [-0.4, -0.2) is 8.80 Å². The molecule has 8 aromatic rings. The van der Waals surface area contributed by atoms with Crippen LogP contribution in [0.3, 0.4) is 0 Å². The predicted molar refractivity (Wildman–Crippen MR) is 196 cm³/mol. The second kappa shape index (κ2) is 10.6. The largest absolute Gasteiger partial charge is 0.0682 e. The lowest BCUT2D eigenvalue weighted by molar-refractivity contribution is 1.51. The van der Waals surface area contributed by atoms with Crippen molar-refractivity contribution >= 4 is 57.1 Å². The molecule has 1 heteroatoms. The molecule has 0 aliphatic heterocycles. The highest BCUT2D eigenvalue weighted by molar-refractivity contribution is 6.71. The van der Waals surface area contributed by atoms with Crippen LogP contribution in [0.2, 0.25) is 13.1 Å². The molecule has 0 saturated heterocycles. The van der Waals surface area contributed by atoms with E-state index in [9.17, 15) is 0 Å². The predicted octanol–water partition coefficient (Wildman–Crippen LogP) is 11.3. The molecule has 0 N–H and O–H groups in total. The van der Waals surface area contributed by atoms with Crippen molar-refractivity contribution < 1.29 is 0 Å². The van der Waals surface area contributed by atoms with E-state index >= 15 is 0 Å². The SMILES string of the molecule is Cc1ccc2c(-c3ccc(-c4ccc5ccccc5c4)cc3)c3cc([SiH](C)C)ccc3c(-c3cccc4ccccc34)c2c1. The molecule has 0 unspecified atom stereocenters. The molecule has 44 heavy (non-hydrogen) atoms. The first-order valence-electron chi connectivity index (χ1n) is 15.6. The Bertz CT molecular complexity index is 2350. The van der Waals surface area contributed by atoms with Gasteiger partial charge in [-0.1, -0.05) is 163 Å². The molecule has 0 heterocycles. The van der Waals surface area contributed by atoms with Gasteiger partial charge in [0, 0.05) is 0 Å². The fourth-order valence-corrected chi connectivity index (χ4v) is 7.94. The molecule has 0 saturated carbocycles. The lowest BCUT2D eigenvalue weighted by Gasteiger charge is -2.20. The third-order valence-electron chi connectivity index (χ3n) is 9.28. The Hall–Kier alpha value is -4.98. The first-order valence-corrected chi connectivity index (χ1v) is 18.5. The highest BCUT2D eigenvalue weighted by Crippen LogP contribution is 2.45. The average molecular weight is 579 g/mol. The summed E-state index contributed by atoms with van der Waals surface area (Å²) in [6, 6.07) is 54.5. The number of hydrogen-bond donors (Lipinski definition) is 0. The zero-order valence-corrected chi connectivity index (χ0v) is 26.6. The van der Waals surface area contributed by atoms with E-state index in [0.717, 1.165) is 0 Å². The zero-order chi connectivity index (χ0) is 29.8. The monoisotopic (exact) mass is 578 g/mol. The summed E-state index contributed by atoms with van der Waals surface area (Å²) < 4.78 is 0. The number of rotatable bonds is 4. The van der Waals surface area contributed by atoms with Crippen LogP contribution < -0.4 is 5.19 Å². The number of benzene rings is 8. The van der Waals surface area contributed by atoms with E-state index in [1.807, 2.05) is 0 Å². The van der Waals surface area contributed by atoms with Crippen LogP contribution in [0.5, 0.6) is 0 Å². The summed E-state index contributed by atoms with van der Waals surface area (Å²) in [4.78, 5) is 0. The molecule has 8 rings (SSSR count). The smallest absolute Gasteiger partial charge is 0.0647 e. The van der Waals surface area contributed by atoms with Gasteiger partial charge in [-0.2, -0.15) is 0 Å². The maximum Gasteiger partial charge on any atom is 0.0647 e. The molecule has 0 atom stereocenters. The zero-order valence-electron chi connectivity index (χ0n) is 25.4. The Kier molecular flexibility index (Phi) is 6.43. The normalized spacial score (nSPS) is 11.7. The Labute approximate surface area is 260 Å². The molecule has 0 fully saturated rings. The first-order chi connectivity index (χ1) is 21.5. The highest BCUT2D eigenvalue weighted by atomic mass is 28.3. The molecule has 0 aromatic heterocycles. The van der Waals surface area contributed by atoms with Gasteiger partial charge in [0.15, 0.2) is 0 Å². The van der Waals surface area contributed by atoms with Crippen LogP contribution in [0.25, 0.3) is 76.5 Å². The second-order valence-electron chi connectivity index (χ2n) is 12.4. The van der Waals surface area contributed by atoms with E-state index < -0.39 is 8.80 Å². The molecular weight excluding hydrogens is 545 g/mol. The van der Waals surface area contributed by atoms with Crippen molar-refractivity contribution in [3.05, 3.63) is 151 Å². The number of hydrogen-bond acceptors (Lipinski definition) is 0. The number of fused-ring (bicyclic) bond motifs is 4. The van der Waals surface area contributed by atoms with Crippen LogP contribution in [0, 0.1) is 6.92 Å². The van der Waals surface area contributed by atoms with Crippen molar-refractivity contribution in [3.63, 3.8) is 0 Å². The van der Waals surface area contributed by atoms with Gasteiger partial charge in [0.2, 0.25) is 0 Å². The Balaban J connectivity index is 1.41. The maximum atomic E-state index is 2.51. The Morgan fingerprint density at radius 2 is 1.02 bits per heavy atom. The van der Waals surface area contributed by atoms with E-state index in [1.165, 1.54) is 87.2 Å². The molecular formula is C43H34Si. The van der Waals surface area contributed by atoms with Gasteiger partial charge >= 0.3 is 0 Å². The summed E-state index contributed by atoms with van der Waals surface area (Å²) in [5.74, 6) is 0. The quantitative estimate of drug-likeness (QED) is 0.144. The van der Waals surface area contributed by atoms with E-state index in [-0.39, 0.29) is 0 Å². The van der Waals surface area contributed by atoms with Crippen LogP contribution >= 0.6 is 0 Å². The molecule has 0 amide bonds. The van der Waals surface area contributed by atoms with Gasteiger partial charge in [-0.05, 0) is 89.5 Å². The van der Waals surface area contributed by atoms with Crippen molar-refractivity contribution in [1.29, 1.82) is 0 Å². The summed E-state index contributed by atoms with van der Waals surface area (Å²) >= 11 is 0. The summed E-state index contributed by atoms with van der Waals surface area (Å²) in [6.07, 6.45) is 0. The summed E-state index contributed by atoms with van der Waals surface area (Å²) in [7, 11) is -1.02. The minimum absolute atomic E-state index is 1.02. The van der Waals surface area contributed by atoms with Gasteiger partial charge in [-0.25, -0.2) is 0 Å². The van der Waals surface area contributed by atoms with E-state index in [4.69, 9.17) is 0 Å². The molecule has 0 radical (unpaired) electrons. The maximum absolute atomic E-state index is 2.51. The third-order valence-corrected chi connectivity index (χ3v) is 11.0. The lowest BCUT2D eigenvalue weighted by atomic mass is 9.84. The summed E-state index contributed by atoms with van der Waals surface area (Å²) in [5.41, 5.74) is 9.01. The molecule has 210 valence electrons. The standard InChI is InChI=1S/C43H34Si/c1-28-15-23-38-40(25-28)43(37-14-8-12-31-10-6-7-13-36(31)37)39-24-22-35(44(2)3)27-41(39)42(38)32-19-16-30(17-20-32)34-21-18-29-9-4-5-11-33(29)26-34/h4-27,44H,1-3H3. The topological polar surface area (TPSA) is 0 Å². The van der Waals surface area contributed by atoms with Crippen LogP contribution in [0.4, 0.5) is 0 Å². The lowest BCUT2D eigenvalue weighted by Crippen LogP contribution is -2.22. The minimum atomic E-state index is -1.02. The first kappa shape index (κ1) is 26.6. The van der Waals surface area contributed by atoms with Gasteiger partial charge in [0.05, 0.1) is 8.80 Å². The molecule has 0 spiro atoms. The van der Waals surface area contributed by atoms with Gasteiger partial charge in [0.1, 0.15) is 0 Å². The highest BCUT2D eigenvalue weighted by Gasteiger charge is 2.19. The van der Waals surface area contributed by atoms with E-state index in [0.29, 0.717) is 0 Å². The van der Waals surface area contributed by atoms with Crippen molar-refractivity contribution in [2.24, 2.45) is 0 Å². The average Bonchev–Trinajstić information content (AvgIpc) is 3.06. The minimum Gasteiger partial charge on any atom is -0.0682 e. The van der Waals surface area contributed by atoms with Gasteiger partial charge in [-0.15, -0.1) is 0 Å². The second-order valence-corrected chi connectivity index (χ2v) is 15.4. The summed E-state index contributed by atoms with van der Waals surface area (Å²) in [5, 5.41) is 11.9. The van der Waals surface area contributed by atoms with Crippen LogP contribution in [-0.2, 0) is 0 Å². The fraction of sp³-hybridized carbons (Fsp3) is 0.0698. The Morgan fingerprint density at radius 1 is 0.386 bits per heavy atom. The van der Waals surface area contributed by atoms with Crippen LogP contribution in [0.1, 0.15) is 5.56 Å². The van der Waals surface area contributed by atoms with E-state index in [1.54, 1.807) is 0 Å². The van der Waals surface area contributed by atoms with Crippen LogP contribution in [0.15, 0.2) is 146 Å². The van der Waals surface area contributed by atoms with Gasteiger partial charge in [-0.3, -0.25) is 0 Å². The Morgan fingerprint density at radius 3 is 1.84 bits per heavy atom. The number of aryl methyl sites for hydroxylation is 1. The van der Waals surface area contributed by atoms with Gasteiger partial charge < -0.3 is 0 Å². The molecule has 8 aromatic carbocycles. The van der Waals surface area contributed by atoms with Crippen molar-refractivity contribution in [3.8, 4) is 33.4 Å². The third kappa shape index (κ3) is 4.44. The molecule has 0 bridgehead atoms. The van der Waals surface area contributed by atoms with Crippen molar-refractivity contribution in [1.82, 2.24) is 0 Å². The van der Waals surface area contributed by atoms with Crippen molar-refractivity contribution in [2.45, 2.75) is 20.0 Å². The molecule has 0 nitrogen and oxygen atoms in total. The fourth-order valence-electron chi connectivity index (χ4n) is 6.96. The van der Waals surface area contributed by atoms with E-state index in [2.05, 4.69) is 166 Å². The van der Waals surface area contributed by atoms with Gasteiger partial charge in [0.25, 0.3) is 0 Å². The van der Waals surface area contributed by atoms with Crippen molar-refractivity contribution in [2.75, 3.05) is 0 Å².